The fourth-order valence-corrected chi connectivity index (χ4v) is 6.64. The van der Waals surface area contributed by atoms with Crippen LogP contribution < -0.4 is 9.62 Å². The maximum atomic E-state index is 13.9. The highest BCUT2D eigenvalue weighted by atomic mass is 32.2. The minimum atomic E-state index is -3.94. The van der Waals surface area contributed by atoms with E-state index in [1.807, 2.05) is 29.7 Å². The Labute approximate surface area is 230 Å². The lowest BCUT2D eigenvalue weighted by Gasteiger charge is -2.25. The number of hydrogen-bond donors (Lipinski definition) is 1. The van der Waals surface area contributed by atoms with Gasteiger partial charge in [0.05, 0.1) is 45.7 Å². The number of amides is 1. The van der Waals surface area contributed by atoms with Gasteiger partial charge in [-0.15, -0.1) is 11.3 Å². The Morgan fingerprint density at radius 3 is 2.56 bits per heavy atom. The number of anilines is 1. The summed E-state index contributed by atoms with van der Waals surface area (Å²) in [5, 5.41) is 12.7. The Balaban J connectivity index is 1.53. The number of thiophene rings is 1. The lowest BCUT2D eigenvalue weighted by molar-refractivity contribution is 0.0960. The number of hydrogen-bond acceptors (Lipinski definition) is 6. The van der Waals surface area contributed by atoms with E-state index in [4.69, 9.17) is 5.26 Å². The number of aromatic nitrogens is 2. The average molecular weight is 556 g/mol. The van der Waals surface area contributed by atoms with Crippen molar-refractivity contribution < 1.29 is 13.2 Å². The summed E-state index contributed by atoms with van der Waals surface area (Å²) >= 11 is 1.37. The minimum absolute atomic E-state index is 0.0479. The van der Waals surface area contributed by atoms with Gasteiger partial charge in [-0.05, 0) is 66.4 Å². The van der Waals surface area contributed by atoms with Crippen LogP contribution in [0.25, 0.3) is 10.1 Å². The van der Waals surface area contributed by atoms with Crippen molar-refractivity contribution in [2.24, 2.45) is 0 Å². The van der Waals surface area contributed by atoms with Crippen molar-refractivity contribution in [1.82, 2.24) is 14.9 Å². The third-order valence-corrected chi connectivity index (χ3v) is 9.12. The summed E-state index contributed by atoms with van der Waals surface area (Å²) in [6, 6.07) is 24.9. The molecule has 0 unspecified atom stereocenters. The predicted octanol–water partition coefficient (Wildman–Crippen LogP) is 5.16. The Hall–Kier alpha value is -4.46. The molecule has 0 atom stereocenters. The first-order valence-corrected chi connectivity index (χ1v) is 14.5. The second-order valence-corrected chi connectivity index (χ2v) is 11.8. The van der Waals surface area contributed by atoms with Crippen LogP contribution in [0.1, 0.15) is 33.4 Å². The van der Waals surface area contributed by atoms with Gasteiger partial charge < -0.3 is 9.88 Å². The van der Waals surface area contributed by atoms with Crippen LogP contribution in [0.3, 0.4) is 0 Å². The molecule has 5 rings (SSSR count). The quantitative estimate of drug-likeness (QED) is 0.270. The normalized spacial score (nSPS) is 11.3. The van der Waals surface area contributed by atoms with E-state index in [-0.39, 0.29) is 17.3 Å². The van der Waals surface area contributed by atoms with Crippen LogP contribution in [0.2, 0.25) is 0 Å². The molecule has 0 radical (unpaired) electrons. The Bertz CT molecular complexity index is 1770. The van der Waals surface area contributed by atoms with Crippen molar-refractivity contribution in [3.05, 3.63) is 113 Å². The summed E-state index contributed by atoms with van der Waals surface area (Å²) in [6.45, 7) is 2.91. The molecule has 3 aromatic carbocycles. The van der Waals surface area contributed by atoms with Crippen LogP contribution in [-0.4, -0.2) is 30.4 Å². The van der Waals surface area contributed by atoms with Crippen molar-refractivity contribution >= 4 is 43.0 Å². The fraction of sp³-hybridized carbons (Fsp3) is 0.138. The summed E-state index contributed by atoms with van der Waals surface area (Å²) in [7, 11) is -3.94. The number of fused-ring (bicyclic) bond motifs is 1. The molecule has 0 fully saturated rings. The smallest absolute Gasteiger partial charge is 0.264 e. The van der Waals surface area contributed by atoms with Crippen molar-refractivity contribution in [2.45, 2.75) is 24.9 Å². The third-order valence-electron chi connectivity index (χ3n) is 6.22. The van der Waals surface area contributed by atoms with Crippen molar-refractivity contribution in [3.63, 3.8) is 0 Å². The van der Waals surface area contributed by atoms with Crippen molar-refractivity contribution in [2.75, 3.05) is 10.8 Å². The molecule has 39 heavy (non-hydrogen) atoms. The van der Waals surface area contributed by atoms with Gasteiger partial charge in [-0.3, -0.25) is 9.10 Å². The molecule has 5 aromatic rings. The Morgan fingerprint density at radius 1 is 1.08 bits per heavy atom. The van der Waals surface area contributed by atoms with Gasteiger partial charge in [0.2, 0.25) is 0 Å². The summed E-state index contributed by atoms with van der Waals surface area (Å²) in [6.07, 6.45) is 3.33. The zero-order valence-electron chi connectivity index (χ0n) is 21.1. The van der Waals surface area contributed by atoms with E-state index >= 15 is 0 Å². The molecule has 0 saturated heterocycles. The van der Waals surface area contributed by atoms with Crippen LogP contribution in [0.4, 0.5) is 5.69 Å². The highest BCUT2D eigenvalue weighted by molar-refractivity contribution is 7.92. The second kappa shape index (κ2) is 11.1. The van der Waals surface area contributed by atoms with Gasteiger partial charge in [0.25, 0.3) is 15.9 Å². The summed E-state index contributed by atoms with van der Waals surface area (Å²) in [5.41, 5.74) is 2.72. The van der Waals surface area contributed by atoms with Gasteiger partial charge in [0.1, 0.15) is 0 Å². The summed E-state index contributed by atoms with van der Waals surface area (Å²) in [5.74, 6) is -0.152. The third kappa shape index (κ3) is 5.55. The van der Waals surface area contributed by atoms with Crippen molar-refractivity contribution in [1.29, 1.82) is 5.26 Å². The number of carbonyl (C=O) groups is 1. The molecule has 0 aliphatic heterocycles. The number of nitrogens with one attached hydrogen (secondary N) is 1. The first-order chi connectivity index (χ1) is 18.9. The van der Waals surface area contributed by atoms with Crippen LogP contribution in [0.15, 0.2) is 96.3 Å². The van der Waals surface area contributed by atoms with Gasteiger partial charge in [-0.25, -0.2) is 13.4 Å². The van der Waals surface area contributed by atoms with Gasteiger partial charge in [-0.1, -0.05) is 30.3 Å². The molecule has 1 amide bonds. The van der Waals surface area contributed by atoms with E-state index in [9.17, 15) is 13.2 Å². The zero-order chi connectivity index (χ0) is 27.4. The molecule has 8 nitrogen and oxygen atoms in total. The molecule has 10 heteroatoms. The minimum Gasteiger partial charge on any atom is -0.352 e. The van der Waals surface area contributed by atoms with Gasteiger partial charge in [0.15, 0.2) is 0 Å². The van der Waals surface area contributed by atoms with E-state index in [2.05, 4.69) is 16.4 Å². The molecule has 0 spiro atoms. The second-order valence-electron chi connectivity index (χ2n) is 8.84. The van der Waals surface area contributed by atoms with E-state index in [1.165, 1.54) is 15.6 Å². The maximum Gasteiger partial charge on any atom is 0.264 e. The first-order valence-electron chi connectivity index (χ1n) is 12.3. The monoisotopic (exact) mass is 555 g/mol. The van der Waals surface area contributed by atoms with E-state index in [0.717, 1.165) is 15.6 Å². The molecular weight excluding hydrogens is 530 g/mol. The van der Waals surface area contributed by atoms with Crippen molar-refractivity contribution in [3.8, 4) is 6.07 Å². The van der Waals surface area contributed by atoms with Crippen LogP contribution in [0, 0.1) is 11.3 Å². The SMILES string of the molecule is CCNC(=O)c1cc2cc(N(Cc3cncn3Cc3ccc(C#N)cc3)S(=O)(=O)c3ccccc3)ccc2s1. The van der Waals surface area contributed by atoms with E-state index in [1.54, 1.807) is 73.2 Å². The number of nitrogens with zero attached hydrogens (tertiary/aromatic N) is 4. The maximum absolute atomic E-state index is 13.9. The fourth-order valence-electron chi connectivity index (χ4n) is 4.23. The van der Waals surface area contributed by atoms with Gasteiger partial charge in [0, 0.05) is 24.0 Å². The molecule has 2 heterocycles. The van der Waals surface area contributed by atoms with Crippen LogP contribution >= 0.6 is 11.3 Å². The summed E-state index contributed by atoms with van der Waals surface area (Å²) in [4.78, 5) is 17.4. The molecular formula is C29H25N5O3S2. The lowest BCUT2D eigenvalue weighted by Crippen LogP contribution is -2.31. The molecule has 1 N–H and O–H groups in total. The Morgan fingerprint density at radius 2 is 1.85 bits per heavy atom. The van der Waals surface area contributed by atoms with Gasteiger partial charge in [-0.2, -0.15) is 5.26 Å². The highest BCUT2D eigenvalue weighted by Crippen LogP contribution is 2.33. The number of nitriles is 1. The zero-order valence-corrected chi connectivity index (χ0v) is 22.7. The molecule has 0 bridgehead atoms. The van der Waals surface area contributed by atoms with E-state index < -0.39 is 10.0 Å². The Kier molecular flexibility index (Phi) is 7.45. The first kappa shape index (κ1) is 26.2. The lowest BCUT2D eigenvalue weighted by atomic mass is 10.1. The molecule has 0 saturated carbocycles. The molecule has 196 valence electrons. The summed E-state index contributed by atoms with van der Waals surface area (Å²) < 4.78 is 32.0. The molecule has 0 aliphatic rings. The number of benzene rings is 3. The topological polar surface area (TPSA) is 108 Å². The predicted molar refractivity (Wildman–Crippen MR) is 152 cm³/mol. The standard InChI is InChI=1S/C29H25N5O3S2/c1-2-32-29(35)28-15-23-14-24(12-13-27(23)38-28)34(39(36,37)26-6-4-3-5-7-26)19-25-17-31-20-33(25)18-22-10-8-21(16-30)9-11-22/h3-15,17,20H,2,18-19H2,1H3,(H,32,35). The van der Waals surface area contributed by atoms with E-state index in [0.29, 0.717) is 34.9 Å². The molecule has 2 aromatic heterocycles. The largest absolute Gasteiger partial charge is 0.352 e. The van der Waals surface area contributed by atoms with Crippen LogP contribution in [-0.2, 0) is 23.1 Å². The number of rotatable bonds is 9. The number of imidazole rings is 1. The average Bonchev–Trinajstić information content (AvgIpc) is 3.59. The number of carbonyl (C=O) groups excluding carboxylic acids is 1. The number of sulfonamides is 1. The molecule has 0 aliphatic carbocycles. The van der Waals surface area contributed by atoms with Gasteiger partial charge >= 0.3 is 0 Å². The highest BCUT2D eigenvalue weighted by Gasteiger charge is 2.27. The van der Waals surface area contributed by atoms with Crippen LogP contribution in [0.5, 0.6) is 0 Å².